The second kappa shape index (κ2) is 24.0. The van der Waals surface area contributed by atoms with Crippen molar-refractivity contribution in [2.75, 3.05) is 50.7 Å². The fourth-order valence-corrected chi connectivity index (χ4v) is 11.2. The van der Waals surface area contributed by atoms with E-state index in [0.717, 1.165) is 79.4 Å². The van der Waals surface area contributed by atoms with Gasteiger partial charge in [0.05, 0.1) is 28.2 Å². The van der Waals surface area contributed by atoms with Crippen LogP contribution in [-0.4, -0.2) is 113 Å². The molecule has 2 aliphatic heterocycles. The molecule has 1 aliphatic carbocycles. The minimum absolute atomic E-state index is 0.00269. The van der Waals surface area contributed by atoms with Gasteiger partial charge in [0.15, 0.2) is 0 Å². The number of aliphatic hydroxyl groups is 1. The van der Waals surface area contributed by atoms with E-state index in [2.05, 4.69) is 49.8 Å². The van der Waals surface area contributed by atoms with E-state index >= 15 is 0 Å². The Bertz CT molecular complexity index is 2570. The van der Waals surface area contributed by atoms with E-state index in [1.165, 1.54) is 21.6 Å². The zero-order valence-corrected chi connectivity index (χ0v) is 44.3. The van der Waals surface area contributed by atoms with Crippen LogP contribution in [0.15, 0.2) is 83.9 Å². The Morgan fingerprint density at radius 3 is 2.17 bits per heavy atom. The number of allylic oxidation sites excluding steroid dienone is 1. The fraction of sp³-hybridized carbons (Fsp3) is 0.500. The van der Waals surface area contributed by atoms with E-state index in [-0.39, 0.29) is 48.6 Å². The second-order valence-corrected chi connectivity index (χ2v) is 22.8. The topological polar surface area (TPSA) is 190 Å². The highest BCUT2D eigenvalue weighted by Gasteiger charge is 2.45. The first-order valence-corrected chi connectivity index (χ1v) is 26.7. The van der Waals surface area contributed by atoms with Gasteiger partial charge in [0.1, 0.15) is 12.1 Å². The molecular weight excluding hydrogens is 948 g/mol. The third kappa shape index (κ3) is 14.1. The number of aliphatic hydroxyl groups excluding tert-OH is 1. The predicted octanol–water partition coefficient (Wildman–Crippen LogP) is 8.07. The smallest absolute Gasteiger partial charge is 0.248 e. The fourth-order valence-electron chi connectivity index (χ4n) is 10.3. The van der Waals surface area contributed by atoms with Crippen molar-refractivity contribution in [3.05, 3.63) is 111 Å². The summed E-state index contributed by atoms with van der Waals surface area (Å²) in [6.45, 7) is 16.7. The van der Waals surface area contributed by atoms with Gasteiger partial charge in [0.2, 0.25) is 29.5 Å². The Morgan fingerprint density at radius 1 is 0.889 bits per heavy atom. The largest absolute Gasteiger partial charge is 0.391 e. The molecule has 0 bridgehead atoms. The Morgan fingerprint density at radius 2 is 1.54 bits per heavy atom. The lowest BCUT2D eigenvalue weighted by Crippen LogP contribution is -2.57. The zero-order chi connectivity index (χ0) is 51.7. The number of halogens is 1. The first kappa shape index (κ1) is 54.2. The molecule has 2 fully saturated rings. The van der Waals surface area contributed by atoms with Gasteiger partial charge in [0, 0.05) is 81.3 Å². The number of anilines is 1. The molecule has 5 atom stereocenters. The van der Waals surface area contributed by atoms with Crippen LogP contribution in [0.1, 0.15) is 126 Å². The van der Waals surface area contributed by atoms with Gasteiger partial charge in [0.25, 0.3) is 0 Å². The summed E-state index contributed by atoms with van der Waals surface area (Å²) in [7, 11) is 0. The number of hydrogen-bond donors (Lipinski definition) is 5. The van der Waals surface area contributed by atoms with Crippen molar-refractivity contribution < 1.29 is 29.1 Å². The Labute approximate surface area is 434 Å². The van der Waals surface area contributed by atoms with E-state index in [4.69, 9.17) is 17.3 Å². The van der Waals surface area contributed by atoms with Crippen LogP contribution in [0.4, 0.5) is 5.69 Å². The number of aryl methyl sites for hydroxylation is 1. The zero-order valence-electron chi connectivity index (χ0n) is 42.8. The summed E-state index contributed by atoms with van der Waals surface area (Å²) in [5.74, 6) is -1.47. The van der Waals surface area contributed by atoms with Crippen molar-refractivity contribution in [2.24, 2.45) is 16.6 Å². The maximum Gasteiger partial charge on any atom is 0.248 e. The molecule has 1 unspecified atom stereocenters. The normalized spacial score (nSPS) is 20.5. The Kier molecular flexibility index (Phi) is 18.0. The summed E-state index contributed by atoms with van der Waals surface area (Å²) >= 11 is 7.87. The van der Waals surface area contributed by atoms with Crippen LogP contribution in [0.5, 0.6) is 0 Å². The number of thiazole rings is 1. The molecule has 3 heterocycles. The molecular formula is C56H73ClN8O6S. The number of rotatable bonds is 19. The molecule has 2 saturated heterocycles. The van der Waals surface area contributed by atoms with Gasteiger partial charge in [-0.05, 0) is 115 Å². The number of nitrogens with two attached hydrogens (primary N) is 1. The van der Waals surface area contributed by atoms with Crippen LogP contribution in [-0.2, 0) is 19.2 Å². The van der Waals surface area contributed by atoms with Gasteiger partial charge >= 0.3 is 0 Å². The summed E-state index contributed by atoms with van der Waals surface area (Å²) in [6, 6.07) is 21.4. The van der Waals surface area contributed by atoms with Crippen LogP contribution >= 0.6 is 22.9 Å². The van der Waals surface area contributed by atoms with E-state index in [1.807, 2.05) is 88.7 Å². The van der Waals surface area contributed by atoms with Crippen molar-refractivity contribution in [3.8, 4) is 10.4 Å². The maximum atomic E-state index is 14.2. The highest BCUT2D eigenvalue weighted by molar-refractivity contribution is 7.13. The summed E-state index contributed by atoms with van der Waals surface area (Å²) in [4.78, 5) is 77.9. The number of aromatic nitrogens is 1. The molecule has 0 radical (unpaired) electrons. The molecule has 386 valence electrons. The lowest BCUT2D eigenvalue weighted by Gasteiger charge is -2.41. The van der Waals surface area contributed by atoms with Crippen molar-refractivity contribution >= 4 is 63.7 Å². The first-order chi connectivity index (χ1) is 34.3. The third-order valence-corrected chi connectivity index (χ3v) is 15.9. The standard InChI is InChI=1S/C56H73ClN8O6S/c1-36(38-12-14-40(15-13-38)50-37(2)60-35-72-50)61-53(70)47-30-45(66)33-65(47)54(71)51(55(3,4)5)62-49(68)11-9-7-8-10-48(67)59-34-56(6)25-24-46(39-16-20-43(57)21-17-39)42(31-56)32-63-26-28-64(29-27-63)44-22-18-41(19-23-44)52(58)69/h12-23,35-36,45,47,51,66H,7-11,24-34H2,1-6H3,(H2,58,69)(H,59,67)(H,61,70)(H,62,68)/t36-,45+,47-,51+,56?/m0/s1. The number of carbonyl (C=O) groups excluding carboxylic acids is 5. The number of β-amino-alcohol motifs (C(OH)–C–C–N with tert-alkyl or cyclic N) is 1. The molecule has 5 amide bonds. The van der Waals surface area contributed by atoms with Crippen molar-refractivity contribution in [2.45, 2.75) is 124 Å². The first-order valence-electron chi connectivity index (χ1n) is 25.5. The minimum Gasteiger partial charge on any atom is -0.391 e. The lowest BCUT2D eigenvalue weighted by atomic mass is 9.71. The van der Waals surface area contributed by atoms with Gasteiger partial charge in [-0.2, -0.15) is 0 Å². The van der Waals surface area contributed by atoms with Gasteiger partial charge in [-0.3, -0.25) is 28.9 Å². The molecule has 16 heteroatoms. The quantitative estimate of drug-likeness (QED) is 0.0579. The van der Waals surface area contributed by atoms with E-state index in [1.54, 1.807) is 23.5 Å². The maximum absolute atomic E-state index is 14.2. The van der Waals surface area contributed by atoms with E-state index in [9.17, 15) is 29.1 Å². The Hall–Kier alpha value is -5.61. The second-order valence-electron chi connectivity index (χ2n) is 21.5. The average Bonchev–Trinajstić information content (AvgIpc) is 3.97. The van der Waals surface area contributed by atoms with Gasteiger partial charge in [-0.1, -0.05) is 87.7 Å². The van der Waals surface area contributed by atoms with E-state index in [0.29, 0.717) is 42.8 Å². The molecule has 4 aromatic rings. The number of hydrogen-bond acceptors (Lipinski definition) is 10. The monoisotopic (exact) mass is 1020 g/mol. The molecule has 6 N–H and O–H groups in total. The molecule has 0 saturated carbocycles. The van der Waals surface area contributed by atoms with Crippen LogP contribution in [0.3, 0.4) is 0 Å². The molecule has 0 spiro atoms. The summed E-state index contributed by atoms with van der Waals surface area (Å²) in [5.41, 5.74) is 14.9. The number of piperazine rings is 1. The third-order valence-electron chi connectivity index (χ3n) is 14.6. The van der Waals surface area contributed by atoms with Crippen LogP contribution in [0, 0.1) is 17.8 Å². The predicted molar refractivity (Wildman–Crippen MR) is 286 cm³/mol. The van der Waals surface area contributed by atoms with Gasteiger partial charge in [-0.25, -0.2) is 4.98 Å². The number of amides is 5. The number of benzene rings is 3. The molecule has 7 rings (SSSR count). The summed E-state index contributed by atoms with van der Waals surface area (Å²) < 4.78 is 0. The number of unbranched alkanes of at least 4 members (excludes halogenated alkanes) is 2. The summed E-state index contributed by atoms with van der Waals surface area (Å²) in [6.07, 6.45) is 4.33. The molecule has 1 aromatic heterocycles. The number of nitrogens with one attached hydrogen (secondary N) is 3. The number of nitrogens with zero attached hydrogens (tertiary/aromatic N) is 4. The minimum atomic E-state index is -0.916. The summed E-state index contributed by atoms with van der Waals surface area (Å²) in [5, 5.41) is 20.7. The Balaban J connectivity index is 0.856. The number of primary amides is 1. The average molecular weight is 1020 g/mol. The van der Waals surface area contributed by atoms with Crippen molar-refractivity contribution in [3.63, 3.8) is 0 Å². The number of likely N-dealkylation sites (tertiary alicyclic amines) is 1. The molecule has 72 heavy (non-hydrogen) atoms. The van der Waals surface area contributed by atoms with Crippen molar-refractivity contribution in [1.29, 1.82) is 0 Å². The number of carbonyl (C=O) groups is 5. The molecule has 14 nitrogen and oxygen atoms in total. The SMILES string of the molecule is Cc1ncsc1-c1ccc([C@H](C)NC(=O)[C@@H]2C[C@@H](O)CN2C(=O)[C@@H](NC(=O)CCCCCC(=O)NCC2(C)CCC(c3ccc(Cl)cc3)=C(CN3CCN(c4ccc(C(N)=O)cc4)CC3)C2)C(C)(C)C)cc1. The highest BCUT2D eigenvalue weighted by atomic mass is 35.5. The van der Waals surface area contributed by atoms with Crippen LogP contribution in [0.2, 0.25) is 5.02 Å². The van der Waals surface area contributed by atoms with Gasteiger partial charge in [-0.15, -0.1) is 11.3 Å². The van der Waals surface area contributed by atoms with Crippen molar-refractivity contribution in [1.82, 2.24) is 30.7 Å². The van der Waals surface area contributed by atoms with Gasteiger partial charge < -0.3 is 36.6 Å². The van der Waals surface area contributed by atoms with Crippen LogP contribution < -0.4 is 26.6 Å². The van der Waals surface area contributed by atoms with Crippen LogP contribution in [0.25, 0.3) is 16.0 Å². The lowest BCUT2D eigenvalue weighted by molar-refractivity contribution is -0.144. The van der Waals surface area contributed by atoms with E-state index < -0.39 is 35.4 Å². The molecule has 3 aromatic carbocycles. The molecule has 3 aliphatic rings. The highest BCUT2D eigenvalue weighted by Crippen LogP contribution is 2.43.